The van der Waals surface area contributed by atoms with E-state index in [1.54, 1.807) is 18.7 Å². The van der Waals surface area contributed by atoms with Crippen molar-refractivity contribution in [3.8, 4) is 0 Å². The Bertz CT molecular complexity index is 702. The summed E-state index contributed by atoms with van der Waals surface area (Å²) in [6.07, 6.45) is 2.37. The number of nitrogens with two attached hydrogens (primary N) is 1. The number of rotatable bonds is 8. The van der Waals surface area contributed by atoms with E-state index in [0.717, 1.165) is 11.3 Å². The zero-order valence-electron chi connectivity index (χ0n) is 15.7. The van der Waals surface area contributed by atoms with Crippen LogP contribution in [0.3, 0.4) is 0 Å². The van der Waals surface area contributed by atoms with Crippen molar-refractivity contribution in [3.05, 3.63) is 29.8 Å². The first-order valence-corrected chi connectivity index (χ1v) is 9.04. The largest absolute Gasteiger partial charge is 0.466 e. The lowest BCUT2D eigenvalue weighted by molar-refractivity contribution is -0.143. The molecule has 2 rings (SSSR count). The first kappa shape index (κ1) is 20.4. The summed E-state index contributed by atoms with van der Waals surface area (Å²) in [4.78, 5) is 38.0. The molecular formula is C19H26N4O4. The predicted molar refractivity (Wildman–Crippen MR) is 102 cm³/mol. The lowest BCUT2D eigenvalue weighted by atomic mass is 10.0. The van der Waals surface area contributed by atoms with Crippen LogP contribution >= 0.6 is 0 Å². The fourth-order valence-corrected chi connectivity index (χ4v) is 3.09. The van der Waals surface area contributed by atoms with E-state index in [-0.39, 0.29) is 42.6 Å². The van der Waals surface area contributed by atoms with Gasteiger partial charge in [0.15, 0.2) is 0 Å². The number of hydrazone groups is 1. The number of esters is 1. The van der Waals surface area contributed by atoms with E-state index in [1.807, 2.05) is 24.3 Å². The maximum atomic E-state index is 12.6. The Hall–Kier alpha value is -2.90. The first-order valence-electron chi connectivity index (χ1n) is 9.04. The van der Waals surface area contributed by atoms with Gasteiger partial charge in [0.2, 0.25) is 11.8 Å². The molecule has 2 unspecified atom stereocenters. The highest BCUT2D eigenvalue weighted by Crippen LogP contribution is 2.27. The first-order chi connectivity index (χ1) is 12.9. The van der Waals surface area contributed by atoms with Crippen molar-refractivity contribution in [3.63, 3.8) is 0 Å². The van der Waals surface area contributed by atoms with E-state index in [0.29, 0.717) is 19.6 Å². The van der Waals surface area contributed by atoms with Crippen LogP contribution in [0.4, 0.5) is 5.69 Å². The molecule has 27 heavy (non-hydrogen) atoms. The summed E-state index contributed by atoms with van der Waals surface area (Å²) in [7, 11) is 0. The highest BCUT2D eigenvalue weighted by Gasteiger charge is 2.34. The van der Waals surface area contributed by atoms with Gasteiger partial charge in [0.25, 0.3) is 0 Å². The van der Waals surface area contributed by atoms with E-state index in [1.165, 1.54) is 6.21 Å². The lowest BCUT2D eigenvalue weighted by Crippen LogP contribution is -2.37. The normalized spacial score (nSPS) is 17.9. The van der Waals surface area contributed by atoms with Crippen LogP contribution in [0.25, 0.3) is 0 Å². The minimum Gasteiger partial charge on any atom is -0.466 e. The highest BCUT2D eigenvalue weighted by molar-refractivity contribution is 5.99. The summed E-state index contributed by atoms with van der Waals surface area (Å²) in [5.74, 6) is 4.12. The molecule has 8 nitrogen and oxygen atoms in total. The van der Waals surface area contributed by atoms with E-state index < -0.39 is 0 Å². The van der Waals surface area contributed by atoms with Crippen LogP contribution in [0.1, 0.15) is 38.7 Å². The molecule has 1 heterocycles. The monoisotopic (exact) mass is 374 g/mol. The molecule has 1 fully saturated rings. The van der Waals surface area contributed by atoms with Crippen molar-refractivity contribution in [1.29, 1.82) is 0 Å². The second-order valence-corrected chi connectivity index (χ2v) is 6.53. The number of nitrogens with zero attached hydrogens (tertiary/aromatic N) is 2. The predicted octanol–water partition coefficient (Wildman–Crippen LogP) is 1.18. The molecule has 1 saturated heterocycles. The van der Waals surface area contributed by atoms with Gasteiger partial charge in [0.1, 0.15) is 0 Å². The molecule has 1 aromatic rings. The second kappa shape index (κ2) is 9.70. The molecule has 1 aliphatic heterocycles. The summed E-state index contributed by atoms with van der Waals surface area (Å²) in [6, 6.07) is 6.99. The highest BCUT2D eigenvalue weighted by atomic mass is 16.5. The molecule has 0 bridgehead atoms. The van der Waals surface area contributed by atoms with Crippen molar-refractivity contribution in [1.82, 2.24) is 5.32 Å². The molecule has 0 radical (unpaired) electrons. The molecule has 2 amide bonds. The minimum absolute atomic E-state index is 0.0663. The Balaban J connectivity index is 1.87. The number of nitrogens with one attached hydrogen (secondary N) is 1. The Morgan fingerprint density at radius 3 is 2.74 bits per heavy atom. The van der Waals surface area contributed by atoms with Gasteiger partial charge in [-0.05, 0) is 38.0 Å². The molecule has 146 valence electrons. The van der Waals surface area contributed by atoms with E-state index in [9.17, 15) is 14.4 Å². The van der Waals surface area contributed by atoms with Gasteiger partial charge in [-0.2, -0.15) is 5.10 Å². The topological polar surface area (TPSA) is 114 Å². The third kappa shape index (κ3) is 5.80. The average molecular weight is 374 g/mol. The number of anilines is 1. The van der Waals surface area contributed by atoms with Crippen LogP contribution in [0.15, 0.2) is 29.4 Å². The summed E-state index contributed by atoms with van der Waals surface area (Å²) in [5.41, 5.74) is 1.63. The van der Waals surface area contributed by atoms with Gasteiger partial charge in [-0.1, -0.05) is 12.1 Å². The fraction of sp³-hybridized carbons (Fsp3) is 0.474. The van der Waals surface area contributed by atoms with Gasteiger partial charge >= 0.3 is 5.97 Å². The number of carbonyl (C=O) groups excluding carboxylic acids is 3. The standard InChI is InChI=1S/C19H26N4O4/c1-3-27-18(25)10-13(2)22-17(24)11-15-8-9-23(19(15)26)16-6-4-14(5-7-16)12-21-20/h4-7,12-13,15H,3,8-11,20H2,1-2H3,(H,22,24). The Morgan fingerprint density at radius 1 is 1.41 bits per heavy atom. The third-order valence-electron chi connectivity index (χ3n) is 4.36. The molecule has 2 atom stereocenters. The van der Waals surface area contributed by atoms with Gasteiger partial charge in [-0.25, -0.2) is 0 Å². The molecule has 0 aliphatic carbocycles. The zero-order chi connectivity index (χ0) is 19.8. The summed E-state index contributed by atoms with van der Waals surface area (Å²) >= 11 is 0. The van der Waals surface area contributed by atoms with E-state index in [2.05, 4.69) is 10.4 Å². The van der Waals surface area contributed by atoms with Gasteiger partial charge in [0, 0.05) is 30.6 Å². The van der Waals surface area contributed by atoms with Gasteiger partial charge < -0.3 is 20.8 Å². The number of hydrogen-bond donors (Lipinski definition) is 2. The summed E-state index contributed by atoms with van der Waals surface area (Å²) in [6.45, 7) is 4.35. The molecule has 3 N–H and O–H groups in total. The van der Waals surface area contributed by atoms with Crippen LogP contribution in [-0.4, -0.2) is 43.2 Å². The Morgan fingerprint density at radius 2 is 2.11 bits per heavy atom. The minimum atomic E-state index is -0.356. The third-order valence-corrected chi connectivity index (χ3v) is 4.36. The molecular weight excluding hydrogens is 348 g/mol. The van der Waals surface area contributed by atoms with Crippen molar-refractivity contribution in [2.45, 2.75) is 39.2 Å². The molecule has 1 aromatic carbocycles. The summed E-state index contributed by atoms with van der Waals surface area (Å²) < 4.78 is 4.87. The number of ether oxygens (including phenoxy) is 1. The molecule has 8 heteroatoms. The molecule has 0 spiro atoms. The lowest BCUT2D eigenvalue weighted by Gasteiger charge is -2.18. The van der Waals surface area contributed by atoms with Crippen LogP contribution in [0.2, 0.25) is 0 Å². The number of hydrogen-bond acceptors (Lipinski definition) is 6. The van der Waals surface area contributed by atoms with Crippen molar-refractivity contribution < 1.29 is 19.1 Å². The van der Waals surface area contributed by atoms with E-state index >= 15 is 0 Å². The second-order valence-electron chi connectivity index (χ2n) is 6.53. The van der Waals surface area contributed by atoms with Crippen molar-refractivity contribution >= 4 is 29.7 Å². The SMILES string of the molecule is CCOC(=O)CC(C)NC(=O)CC1CCN(c2ccc(C=NN)cc2)C1=O. The van der Waals surface area contributed by atoms with E-state index in [4.69, 9.17) is 10.6 Å². The fourth-order valence-electron chi connectivity index (χ4n) is 3.09. The van der Waals surface area contributed by atoms with Gasteiger partial charge in [-0.3, -0.25) is 14.4 Å². The van der Waals surface area contributed by atoms with Crippen LogP contribution < -0.4 is 16.1 Å². The van der Waals surface area contributed by atoms with Gasteiger partial charge in [0.05, 0.1) is 19.2 Å². The summed E-state index contributed by atoms with van der Waals surface area (Å²) in [5, 5.41) is 6.22. The zero-order valence-corrected chi connectivity index (χ0v) is 15.7. The number of carbonyl (C=O) groups is 3. The van der Waals surface area contributed by atoms with Gasteiger partial charge in [-0.15, -0.1) is 0 Å². The van der Waals surface area contributed by atoms with Crippen molar-refractivity contribution in [2.24, 2.45) is 16.9 Å². The van der Waals surface area contributed by atoms with Crippen LogP contribution in [-0.2, 0) is 19.1 Å². The quantitative estimate of drug-likeness (QED) is 0.307. The maximum Gasteiger partial charge on any atom is 0.307 e. The Kier molecular flexibility index (Phi) is 7.34. The van der Waals surface area contributed by atoms with Crippen molar-refractivity contribution in [2.75, 3.05) is 18.1 Å². The number of amides is 2. The average Bonchev–Trinajstić information content (AvgIpc) is 2.96. The molecule has 0 saturated carbocycles. The van der Waals surface area contributed by atoms with Crippen LogP contribution in [0.5, 0.6) is 0 Å². The Labute approximate surface area is 158 Å². The maximum absolute atomic E-state index is 12.6. The molecule has 0 aromatic heterocycles. The number of benzene rings is 1. The molecule has 1 aliphatic rings. The smallest absolute Gasteiger partial charge is 0.307 e. The van der Waals surface area contributed by atoms with Crippen LogP contribution in [0, 0.1) is 5.92 Å².